The van der Waals surface area contributed by atoms with Crippen molar-refractivity contribution in [3.63, 3.8) is 0 Å². The molecule has 2 N–H and O–H groups in total. The topological polar surface area (TPSA) is 59.6 Å². The van der Waals surface area contributed by atoms with Gasteiger partial charge in [0.05, 0.1) is 17.8 Å². The first kappa shape index (κ1) is 16.3. The number of rotatable bonds is 5. The Kier molecular flexibility index (Phi) is 4.71. The summed E-state index contributed by atoms with van der Waals surface area (Å²) in [5.74, 6) is 0.600. The van der Waals surface area contributed by atoms with Crippen LogP contribution in [0.15, 0.2) is 48.5 Å². The van der Waals surface area contributed by atoms with Gasteiger partial charge in [0.25, 0.3) is 5.91 Å². The van der Waals surface area contributed by atoms with Gasteiger partial charge < -0.3 is 20.1 Å². The fraction of sp³-hybridized carbons (Fsp3) is 0.316. The second kappa shape index (κ2) is 6.93. The average Bonchev–Trinajstić information content (AvgIpc) is 2.60. The molecule has 0 aliphatic carbocycles. The van der Waals surface area contributed by atoms with Crippen molar-refractivity contribution in [3.8, 4) is 5.75 Å². The molecule has 5 heteroatoms. The standard InChI is InChI=1S/C19H22N2O3/c1-3-23-12-19(2)13-24-17-10-9-14(11-16(17)21-19)18(22)20-15-7-5-4-6-8-15/h4-11,21H,3,12-13H2,1-2H3,(H,20,22). The van der Waals surface area contributed by atoms with Crippen LogP contribution in [0.2, 0.25) is 0 Å². The van der Waals surface area contributed by atoms with E-state index < -0.39 is 0 Å². The third-order valence-electron chi connectivity index (χ3n) is 3.88. The van der Waals surface area contributed by atoms with Gasteiger partial charge in [-0.15, -0.1) is 0 Å². The van der Waals surface area contributed by atoms with Gasteiger partial charge in [0, 0.05) is 17.9 Å². The minimum atomic E-state index is -0.308. The third-order valence-corrected chi connectivity index (χ3v) is 3.88. The molecular weight excluding hydrogens is 304 g/mol. The Morgan fingerprint density at radius 2 is 2.08 bits per heavy atom. The van der Waals surface area contributed by atoms with E-state index in [-0.39, 0.29) is 11.4 Å². The third kappa shape index (κ3) is 3.68. The molecule has 0 fully saturated rings. The molecule has 1 amide bonds. The predicted molar refractivity (Wildman–Crippen MR) is 94.9 cm³/mol. The summed E-state index contributed by atoms with van der Waals surface area (Å²) in [5.41, 5.74) is 1.85. The molecule has 0 saturated heterocycles. The van der Waals surface area contributed by atoms with Crippen molar-refractivity contribution < 1.29 is 14.3 Å². The van der Waals surface area contributed by atoms with Gasteiger partial charge in [-0.3, -0.25) is 4.79 Å². The minimum Gasteiger partial charge on any atom is -0.489 e. The van der Waals surface area contributed by atoms with E-state index in [2.05, 4.69) is 10.6 Å². The fourth-order valence-electron chi connectivity index (χ4n) is 2.62. The Bertz CT molecular complexity index is 718. The number of nitrogens with one attached hydrogen (secondary N) is 2. The molecular formula is C19H22N2O3. The highest BCUT2D eigenvalue weighted by Crippen LogP contribution is 2.33. The zero-order valence-corrected chi connectivity index (χ0v) is 14.0. The number of hydrogen-bond donors (Lipinski definition) is 2. The van der Waals surface area contributed by atoms with Crippen LogP contribution in [0.3, 0.4) is 0 Å². The summed E-state index contributed by atoms with van der Waals surface area (Å²) < 4.78 is 11.3. The van der Waals surface area contributed by atoms with Gasteiger partial charge in [0.2, 0.25) is 0 Å². The molecule has 0 saturated carbocycles. The number of para-hydroxylation sites is 1. The zero-order valence-electron chi connectivity index (χ0n) is 14.0. The maximum atomic E-state index is 12.4. The summed E-state index contributed by atoms with van der Waals surface area (Å²) in [6.45, 7) is 5.73. The number of carbonyl (C=O) groups is 1. The molecule has 0 aromatic heterocycles. The van der Waals surface area contributed by atoms with Gasteiger partial charge in [0.15, 0.2) is 0 Å². The molecule has 1 aliphatic rings. The van der Waals surface area contributed by atoms with Crippen LogP contribution in [0.4, 0.5) is 11.4 Å². The van der Waals surface area contributed by atoms with E-state index in [1.807, 2.05) is 56.3 Å². The first-order chi connectivity index (χ1) is 11.6. The average molecular weight is 326 g/mol. The molecule has 0 radical (unpaired) electrons. The predicted octanol–water partition coefficient (Wildman–Crippen LogP) is 3.54. The van der Waals surface area contributed by atoms with Crippen molar-refractivity contribution in [2.24, 2.45) is 0 Å². The van der Waals surface area contributed by atoms with Crippen LogP contribution >= 0.6 is 0 Å². The summed E-state index contributed by atoms with van der Waals surface area (Å²) in [7, 11) is 0. The molecule has 5 nitrogen and oxygen atoms in total. The van der Waals surface area contributed by atoms with Crippen LogP contribution in [-0.2, 0) is 4.74 Å². The van der Waals surface area contributed by atoms with Gasteiger partial charge in [0.1, 0.15) is 12.4 Å². The van der Waals surface area contributed by atoms with Crippen LogP contribution in [0, 0.1) is 0 Å². The highest BCUT2D eigenvalue weighted by molar-refractivity contribution is 6.05. The highest BCUT2D eigenvalue weighted by Gasteiger charge is 2.31. The Balaban J connectivity index is 1.76. The molecule has 2 aromatic carbocycles. The van der Waals surface area contributed by atoms with Crippen LogP contribution in [0.25, 0.3) is 0 Å². The SMILES string of the molecule is CCOCC1(C)COc2ccc(C(=O)Nc3ccccc3)cc2N1. The van der Waals surface area contributed by atoms with Gasteiger partial charge in [-0.05, 0) is 44.2 Å². The van der Waals surface area contributed by atoms with E-state index in [9.17, 15) is 4.79 Å². The molecule has 0 bridgehead atoms. The van der Waals surface area contributed by atoms with Crippen molar-refractivity contribution in [1.29, 1.82) is 0 Å². The van der Waals surface area contributed by atoms with Crippen molar-refractivity contribution >= 4 is 17.3 Å². The summed E-state index contributed by atoms with van der Waals surface area (Å²) >= 11 is 0. The minimum absolute atomic E-state index is 0.150. The first-order valence-electron chi connectivity index (χ1n) is 8.09. The number of hydrogen-bond acceptors (Lipinski definition) is 4. The molecule has 126 valence electrons. The van der Waals surface area contributed by atoms with Crippen molar-refractivity contribution in [3.05, 3.63) is 54.1 Å². The molecule has 1 atom stereocenters. The van der Waals surface area contributed by atoms with Crippen molar-refractivity contribution in [1.82, 2.24) is 0 Å². The van der Waals surface area contributed by atoms with Gasteiger partial charge in [-0.2, -0.15) is 0 Å². The molecule has 1 unspecified atom stereocenters. The van der Waals surface area contributed by atoms with E-state index >= 15 is 0 Å². The monoisotopic (exact) mass is 326 g/mol. The second-order valence-corrected chi connectivity index (χ2v) is 6.14. The lowest BCUT2D eigenvalue weighted by atomic mass is 10.0. The largest absolute Gasteiger partial charge is 0.489 e. The Morgan fingerprint density at radius 1 is 1.29 bits per heavy atom. The number of fused-ring (bicyclic) bond motifs is 1. The lowest BCUT2D eigenvalue weighted by Crippen LogP contribution is -2.48. The number of amides is 1. The Hall–Kier alpha value is -2.53. The van der Waals surface area contributed by atoms with Crippen molar-refractivity contribution in [2.45, 2.75) is 19.4 Å². The molecule has 1 heterocycles. The summed E-state index contributed by atoms with van der Waals surface area (Å²) in [5, 5.41) is 6.33. The maximum absolute atomic E-state index is 12.4. The molecule has 3 rings (SSSR count). The van der Waals surface area contributed by atoms with Crippen LogP contribution < -0.4 is 15.4 Å². The molecule has 0 spiro atoms. The summed E-state index contributed by atoms with van der Waals surface area (Å²) in [6.07, 6.45) is 0. The number of anilines is 2. The Labute approximate surface area is 142 Å². The Morgan fingerprint density at radius 3 is 2.83 bits per heavy atom. The highest BCUT2D eigenvalue weighted by atomic mass is 16.5. The van der Waals surface area contributed by atoms with Gasteiger partial charge in [-0.25, -0.2) is 0 Å². The number of ether oxygens (including phenoxy) is 2. The summed E-state index contributed by atoms with van der Waals surface area (Å²) in [4.78, 5) is 12.4. The fourth-order valence-corrected chi connectivity index (χ4v) is 2.62. The van der Waals surface area contributed by atoms with Crippen LogP contribution in [-0.4, -0.2) is 31.3 Å². The van der Waals surface area contributed by atoms with E-state index in [0.717, 1.165) is 17.1 Å². The zero-order chi connectivity index (χ0) is 17.0. The number of carbonyl (C=O) groups excluding carboxylic acids is 1. The molecule has 1 aliphatic heterocycles. The van der Waals surface area contributed by atoms with E-state index in [1.54, 1.807) is 6.07 Å². The van der Waals surface area contributed by atoms with E-state index in [1.165, 1.54) is 0 Å². The van der Waals surface area contributed by atoms with Crippen LogP contribution in [0.5, 0.6) is 5.75 Å². The number of benzene rings is 2. The van der Waals surface area contributed by atoms with E-state index in [0.29, 0.717) is 25.4 Å². The van der Waals surface area contributed by atoms with Gasteiger partial charge in [-0.1, -0.05) is 18.2 Å². The van der Waals surface area contributed by atoms with Crippen LogP contribution in [0.1, 0.15) is 24.2 Å². The summed E-state index contributed by atoms with van der Waals surface area (Å²) in [6, 6.07) is 14.8. The lowest BCUT2D eigenvalue weighted by Gasteiger charge is -2.36. The first-order valence-corrected chi connectivity index (χ1v) is 8.09. The molecule has 2 aromatic rings. The van der Waals surface area contributed by atoms with E-state index in [4.69, 9.17) is 9.47 Å². The quantitative estimate of drug-likeness (QED) is 0.882. The molecule has 24 heavy (non-hydrogen) atoms. The van der Waals surface area contributed by atoms with Gasteiger partial charge >= 0.3 is 0 Å². The maximum Gasteiger partial charge on any atom is 0.255 e. The smallest absolute Gasteiger partial charge is 0.255 e. The van der Waals surface area contributed by atoms with Crippen molar-refractivity contribution in [2.75, 3.05) is 30.5 Å². The lowest BCUT2D eigenvalue weighted by molar-refractivity contribution is 0.0808. The normalized spacial score (nSPS) is 18.9. The second-order valence-electron chi connectivity index (χ2n) is 6.14.